The van der Waals surface area contributed by atoms with Crippen molar-refractivity contribution < 1.29 is 42.9 Å². The molecule has 0 saturated heterocycles. The standard InChI is InChI=1S/C44H52N2O9/c1-3-38(47)54-27-13-7-6-12-25-52-31-18-16-30(17-19-31)44(50)55-33-22-20-32(21-23-33)53-26-11-5-4-10-24-51-29(2)36-28-37(45)39-40(41(36)46)43(49)35-15-9-8-14-34(35)42(39)48/h14-23,28-29H,3-13,24-27,45-46H2,1-2H3. The lowest BCUT2D eigenvalue weighted by atomic mass is 9.77. The van der Waals surface area contributed by atoms with Gasteiger partial charge in [-0.2, -0.15) is 0 Å². The van der Waals surface area contributed by atoms with E-state index in [4.69, 9.17) is 35.2 Å². The zero-order chi connectivity index (χ0) is 39.2. The molecule has 1 atom stereocenters. The van der Waals surface area contributed by atoms with Gasteiger partial charge in [0.1, 0.15) is 17.2 Å². The number of ketones is 2. The van der Waals surface area contributed by atoms with Gasteiger partial charge in [-0.15, -0.1) is 0 Å². The van der Waals surface area contributed by atoms with Gasteiger partial charge in [0.05, 0.1) is 42.6 Å². The lowest BCUT2D eigenvalue weighted by molar-refractivity contribution is -0.143. The van der Waals surface area contributed by atoms with Crippen LogP contribution in [0.3, 0.4) is 0 Å². The first-order valence-corrected chi connectivity index (χ1v) is 19.3. The Morgan fingerprint density at radius 3 is 1.76 bits per heavy atom. The Morgan fingerprint density at radius 2 is 1.18 bits per heavy atom. The van der Waals surface area contributed by atoms with Gasteiger partial charge in [0.15, 0.2) is 11.6 Å². The molecular formula is C44H52N2O9. The van der Waals surface area contributed by atoms with Crippen molar-refractivity contribution in [2.45, 2.75) is 90.6 Å². The van der Waals surface area contributed by atoms with E-state index in [1.165, 1.54) is 0 Å². The predicted octanol–water partition coefficient (Wildman–Crippen LogP) is 8.71. The number of anilines is 2. The number of hydrogen-bond donors (Lipinski definition) is 2. The number of benzene rings is 3. The van der Waals surface area contributed by atoms with E-state index in [0.717, 1.165) is 51.4 Å². The summed E-state index contributed by atoms with van der Waals surface area (Å²) in [5, 5.41) is 0. The second-order valence-corrected chi connectivity index (χ2v) is 13.7. The van der Waals surface area contributed by atoms with Crippen molar-refractivity contribution in [3.8, 4) is 17.2 Å². The maximum Gasteiger partial charge on any atom is 0.343 e. The molecule has 0 spiro atoms. The second-order valence-electron chi connectivity index (χ2n) is 13.7. The topological polar surface area (TPSA) is 166 Å². The van der Waals surface area contributed by atoms with Gasteiger partial charge in [-0.3, -0.25) is 14.4 Å². The van der Waals surface area contributed by atoms with E-state index in [-0.39, 0.29) is 40.0 Å². The highest BCUT2D eigenvalue weighted by atomic mass is 16.5. The number of carbonyl (C=O) groups is 4. The summed E-state index contributed by atoms with van der Waals surface area (Å²) in [4.78, 5) is 50.3. The number of hydrogen-bond acceptors (Lipinski definition) is 11. The number of allylic oxidation sites excluding steroid dienone is 4. The van der Waals surface area contributed by atoms with Gasteiger partial charge in [-0.05, 0) is 119 Å². The molecule has 3 aromatic carbocycles. The monoisotopic (exact) mass is 752 g/mol. The number of nitrogen functional groups attached to an aromatic ring is 2. The van der Waals surface area contributed by atoms with Crippen molar-refractivity contribution in [1.82, 2.24) is 0 Å². The quantitative estimate of drug-likeness (QED) is 0.0462. The van der Waals surface area contributed by atoms with Crippen molar-refractivity contribution in [1.29, 1.82) is 0 Å². The van der Waals surface area contributed by atoms with Crippen molar-refractivity contribution in [3.05, 3.63) is 100 Å². The molecular weight excluding hydrogens is 700 g/mol. The number of esters is 2. The fourth-order valence-corrected chi connectivity index (χ4v) is 6.52. The fraction of sp³-hybridized carbons (Fsp3) is 0.409. The summed E-state index contributed by atoms with van der Waals surface area (Å²) >= 11 is 0. The highest BCUT2D eigenvalue weighted by Gasteiger charge is 2.37. The Kier molecular flexibility index (Phi) is 15.1. The number of fused-ring (bicyclic) bond motifs is 2. The zero-order valence-electron chi connectivity index (χ0n) is 31.9. The molecule has 1 unspecified atom stereocenters. The summed E-state index contributed by atoms with van der Waals surface area (Å²) in [5.74, 6) is 0.665. The fourth-order valence-electron chi connectivity index (χ4n) is 6.52. The number of rotatable bonds is 21. The summed E-state index contributed by atoms with van der Waals surface area (Å²) in [6, 6.07) is 15.5. The van der Waals surface area contributed by atoms with E-state index in [2.05, 4.69) is 0 Å². The third-order valence-corrected chi connectivity index (χ3v) is 9.62. The maximum atomic E-state index is 13.3. The minimum Gasteiger partial charge on any atom is -0.494 e. The van der Waals surface area contributed by atoms with Crippen LogP contribution in [-0.4, -0.2) is 49.9 Å². The van der Waals surface area contributed by atoms with E-state index in [1.807, 2.05) is 19.1 Å². The molecule has 0 heterocycles. The molecule has 0 fully saturated rings. The minimum absolute atomic E-state index is 0.163. The summed E-state index contributed by atoms with van der Waals surface area (Å²) in [7, 11) is 0. The molecule has 0 amide bonds. The predicted molar refractivity (Wildman–Crippen MR) is 211 cm³/mol. The minimum atomic E-state index is -0.461. The van der Waals surface area contributed by atoms with Crippen LogP contribution in [-0.2, 0) is 14.3 Å². The first-order chi connectivity index (χ1) is 26.7. The normalized spacial score (nSPS) is 13.9. The SMILES string of the molecule is CCC(=O)OCCCCCCOc1ccc(C(=O)Oc2ccc(OCCCCCCOC(C)c3cc(N)c4c(c3N)C(=O)C3=CCCC=C3C4=O)cc2)cc1. The van der Waals surface area contributed by atoms with Crippen LogP contribution in [0.4, 0.5) is 11.4 Å². The maximum absolute atomic E-state index is 13.3. The largest absolute Gasteiger partial charge is 0.494 e. The van der Waals surface area contributed by atoms with Gasteiger partial charge in [0, 0.05) is 41.1 Å². The van der Waals surface area contributed by atoms with E-state index in [1.54, 1.807) is 61.5 Å². The van der Waals surface area contributed by atoms with Crippen LogP contribution < -0.4 is 25.7 Å². The summed E-state index contributed by atoms with van der Waals surface area (Å²) < 4.78 is 28.3. The molecule has 11 heteroatoms. The lowest BCUT2D eigenvalue weighted by Gasteiger charge is -2.27. The van der Waals surface area contributed by atoms with Gasteiger partial charge in [0.2, 0.25) is 0 Å². The van der Waals surface area contributed by atoms with Crippen molar-refractivity contribution >= 4 is 34.9 Å². The highest BCUT2D eigenvalue weighted by Crippen LogP contribution is 2.41. The van der Waals surface area contributed by atoms with E-state index >= 15 is 0 Å². The van der Waals surface area contributed by atoms with Gasteiger partial charge in [-0.25, -0.2) is 4.79 Å². The number of unbranched alkanes of at least 4 members (excludes halogenated alkanes) is 6. The van der Waals surface area contributed by atoms with Crippen LogP contribution in [0.15, 0.2) is 77.9 Å². The van der Waals surface area contributed by atoms with Gasteiger partial charge < -0.3 is 35.2 Å². The first kappa shape index (κ1) is 40.8. The average molecular weight is 753 g/mol. The average Bonchev–Trinajstić information content (AvgIpc) is 3.20. The Hall–Kier alpha value is -5.42. The van der Waals surface area contributed by atoms with E-state index in [9.17, 15) is 19.2 Å². The highest BCUT2D eigenvalue weighted by molar-refractivity contribution is 6.34. The molecule has 0 aliphatic heterocycles. The molecule has 0 bridgehead atoms. The van der Waals surface area contributed by atoms with Crippen LogP contribution in [0, 0.1) is 0 Å². The molecule has 11 nitrogen and oxygen atoms in total. The molecule has 0 aromatic heterocycles. The molecule has 5 rings (SSSR count). The second kappa shape index (κ2) is 20.3. The van der Waals surface area contributed by atoms with Crippen molar-refractivity contribution in [3.63, 3.8) is 0 Å². The summed E-state index contributed by atoms with van der Waals surface area (Å²) in [5.41, 5.74) is 15.5. The molecule has 4 N–H and O–H groups in total. The Morgan fingerprint density at radius 1 is 0.673 bits per heavy atom. The molecule has 2 aliphatic carbocycles. The Bertz CT molecular complexity index is 1880. The first-order valence-electron chi connectivity index (χ1n) is 19.3. The molecule has 2 aliphatic rings. The van der Waals surface area contributed by atoms with Crippen LogP contribution >= 0.6 is 0 Å². The lowest BCUT2D eigenvalue weighted by Crippen LogP contribution is -2.27. The molecule has 3 aromatic rings. The third-order valence-electron chi connectivity index (χ3n) is 9.62. The number of Topliss-reactive ketones (excluding diaryl/α,β-unsaturated/α-hetero) is 2. The number of ether oxygens (including phenoxy) is 5. The van der Waals surface area contributed by atoms with E-state index < -0.39 is 12.1 Å². The van der Waals surface area contributed by atoms with Crippen LogP contribution in [0.25, 0.3) is 0 Å². The Labute approximate surface area is 323 Å². The van der Waals surface area contributed by atoms with Gasteiger partial charge >= 0.3 is 11.9 Å². The van der Waals surface area contributed by atoms with Crippen molar-refractivity contribution in [2.24, 2.45) is 0 Å². The van der Waals surface area contributed by atoms with Crippen LogP contribution in [0.2, 0.25) is 0 Å². The van der Waals surface area contributed by atoms with Crippen molar-refractivity contribution in [2.75, 3.05) is 37.9 Å². The van der Waals surface area contributed by atoms with E-state index in [0.29, 0.717) is 85.2 Å². The number of carbonyl (C=O) groups excluding carboxylic acids is 4. The zero-order valence-corrected chi connectivity index (χ0v) is 31.9. The Balaban J connectivity index is 0.942. The van der Waals surface area contributed by atoms with Crippen LogP contribution in [0.1, 0.15) is 127 Å². The van der Waals surface area contributed by atoms with Gasteiger partial charge in [-0.1, -0.05) is 25.5 Å². The summed E-state index contributed by atoms with van der Waals surface area (Å²) in [6.45, 7) is 5.74. The number of nitrogens with two attached hydrogens (primary N) is 2. The van der Waals surface area contributed by atoms with Crippen LogP contribution in [0.5, 0.6) is 17.2 Å². The summed E-state index contributed by atoms with van der Waals surface area (Å²) in [6.07, 6.45) is 12.3. The molecule has 292 valence electrons. The van der Waals surface area contributed by atoms with Gasteiger partial charge in [0.25, 0.3) is 0 Å². The molecule has 0 radical (unpaired) electrons. The smallest absolute Gasteiger partial charge is 0.343 e. The molecule has 55 heavy (non-hydrogen) atoms. The molecule has 0 saturated carbocycles. The third kappa shape index (κ3) is 11.1.